The van der Waals surface area contributed by atoms with Gasteiger partial charge in [0.25, 0.3) is 21.9 Å². The Labute approximate surface area is 535 Å². The molecule has 2 atom stereocenters. The van der Waals surface area contributed by atoms with E-state index in [0.29, 0.717) is 39.7 Å². The third-order valence-electron chi connectivity index (χ3n) is 14.3. The number of carboxylic acid groups (broad SMARTS) is 1. The Bertz CT molecular complexity index is 3970. The van der Waals surface area contributed by atoms with E-state index in [1.165, 1.54) is 54.0 Å². The Morgan fingerprint density at radius 3 is 2.46 bits per heavy atom. The molecule has 5 heterocycles. The lowest BCUT2D eigenvalue weighted by Crippen LogP contribution is -2.49. The minimum Gasteiger partial charge on any atom is -0.491 e. The molecule has 0 saturated carbocycles. The molecule has 7 amide bonds. The summed E-state index contributed by atoms with van der Waals surface area (Å²) in [7, 11) is -3.65. The third-order valence-corrected chi connectivity index (χ3v) is 17.3. The van der Waals surface area contributed by atoms with E-state index < -0.39 is 81.2 Å². The number of nitrogens with one attached hydrogen (secondary N) is 4. The van der Waals surface area contributed by atoms with Gasteiger partial charge in [0.2, 0.25) is 11.8 Å². The van der Waals surface area contributed by atoms with Crippen LogP contribution in [0.15, 0.2) is 82.7 Å². The highest BCUT2D eigenvalue weighted by Gasteiger charge is 2.30. The van der Waals surface area contributed by atoms with Crippen LogP contribution in [-0.2, 0) is 58.2 Å². The molecule has 0 aliphatic carbocycles. The molecule has 0 saturated heterocycles. The summed E-state index contributed by atoms with van der Waals surface area (Å²) in [6.07, 6.45) is 3.51. The molecular weight excluding hydrogens is 1260 g/mol. The summed E-state index contributed by atoms with van der Waals surface area (Å²) in [5.74, 6) is 2.05. The van der Waals surface area contributed by atoms with Crippen molar-refractivity contribution in [3.05, 3.63) is 111 Å². The van der Waals surface area contributed by atoms with Crippen LogP contribution in [0, 0.1) is 30.5 Å². The highest BCUT2D eigenvalue weighted by molar-refractivity contribution is 7.85. The van der Waals surface area contributed by atoms with Crippen LogP contribution in [0.5, 0.6) is 5.75 Å². The molecule has 486 valence electrons. The number of aromatic nitrogens is 4. The number of aromatic carboxylic acids is 1. The minimum atomic E-state index is -5.00. The number of amides is 7. The number of carboxylic acids is 1. The number of thiazole rings is 2. The molecule has 2 aliphatic heterocycles. The van der Waals surface area contributed by atoms with Crippen molar-refractivity contribution in [2.24, 2.45) is 22.4 Å². The Hall–Kier alpha value is -9.68. The lowest BCUT2D eigenvalue weighted by Gasteiger charge is -2.28. The number of aliphatic imine (C=N–C) groups is 1. The number of ether oxygens (including phenoxy) is 3. The summed E-state index contributed by atoms with van der Waals surface area (Å²) in [5.41, 5.74) is 14.2. The zero-order valence-corrected chi connectivity index (χ0v) is 52.8. The molecule has 0 spiro atoms. The molecule has 6 aromatic rings. The highest BCUT2D eigenvalue weighted by Crippen LogP contribution is 2.39. The number of imide groups is 1. The van der Waals surface area contributed by atoms with Crippen LogP contribution in [0.25, 0.3) is 10.2 Å². The smallest absolute Gasteiger partial charge is 0.410 e. The maximum Gasteiger partial charge on any atom is 0.410 e. The largest absolute Gasteiger partial charge is 0.491 e. The van der Waals surface area contributed by atoms with Crippen molar-refractivity contribution in [3.63, 3.8) is 0 Å². The van der Waals surface area contributed by atoms with Gasteiger partial charge in [0, 0.05) is 71.5 Å². The first-order valence-corrected chi connectivity index (χ1v) is 32.0. The number of urea groups is 1. The topological polar surface area (TPSA) is 396 Å². The number of hydrogen-bond donors (Lipinski definition) is 8. The normalized spacial score (nSPS) is 13.7. The number of carbonyl (C=O) groups excluding carboxylic acids is 6. The number of primary amides is 1. The van der Waals surface area contributed by atoms with E-state index in [9.17, 15) is 51.6 Å². The van der Waals surface area contributed by atoms with Crippen molar-refractivity contribution in [1.29, 1.82) is 0 Å². The van der Waals surface area contributed by atoms with E-state index in [1.807, 2.05) is 36.1 Å². The van der Waals surface area contributed by atoms with Gasteiger partial charge in [-0.15, -0.1) is 21.5 Å². The predicted molar refractivity (Wildman–Crippen MR) is 339 cm³/mol. The van der Waals surface area contributed by atoms with Gasteiger partial charge in [0.15, 0.2) is 39.2 Å². The fraction of sp³-hybridized carbons (Fsp3) is 0.367. The molecule has 8 rings (SSSR count). The molecule has 3 aromatic heterocycles. The van der Waals surface area contributed by atoms with E-state index in [1.54, 1.807) is 13.8 Å². The second-order valence-corrected chi connectivity index (χ2v) is 24.8. The van der Waals surface area contributed by atoms with E-state index in [4.69, 9.17) is 25.7 Å². The van der Waals surface area contributed by atoms with Crippen LogP contribution in [0.1, 0.15) is 83.6 Å². The summed E-state index contributed by atoms with van der Waals surface area (Å²) in [5, 5.41) is 31.4. The summed E-state index contributed by atoms with van der Waals surface area (Å²) in [6.45, 7) is 5.18. The van der Waals surface area contributed by atoms with Crippen molar-refractivity contribution in [1.82, 2.24) is 40.6 Å². The van der Waals surface area contributed by atoms with Gasteiger partial charge in [-0.05, 0) is 93.8 Å². The Kier molecular flexibility index (Phi) is 23.3. The molecule has 28 nitrogen and oxygen atoms in total. The van der Waals surface area contributed by atoms with Gasteiger partial charge in [-0.2, -0.15) is 8.42 Å². The summed E-state index contributed by atoms with van der Waals surface area (Å²) in [4.78, 5) is 104. The number of benzene rings is 3. The first-order chi connectivity index (χ1) is 43.9. The first-order valence-electron chi connectivity index (χ1n) is 28.9. The molecule has 32 heteroatoms. The average Bonchev–Trinajstić information content (AvgIpc) is 1.46. The van der Waals surface area contributed by atoms with E-state index >= 15 is 4.39 Å². The number of amidine groups is 1. The van der Waals surface area contributed by atoms with Crippen molar-refractivity contribution >= 4 is 118 Å². The highest BCUT2D eigenvalue weighted by atomic mass is 32.2. The second kappa shape index (κ2) is 31.4. The number of hydrogen-bond acceptors (Lipinski definition) is 21. The Morgan fingerprint density at radius 1 is 0.967 bits per heavy atom. The zero-order valence-electron chi connectivity index (χ0n) is 50.4. The number of nitrogens with zero attached hydrogens (tertiary/aromatic N) is 8. The van der Waals surface area contributed by atoms with Crippen LogP contribution in [0.2, 0.25) is 0 Å². The van der Waals surface area contributed by atoms with Crippen LogP contribution in [0.3, 0.4) is 0 Å². The molecule has 2 aliphatic rings. The first kappa shape index (κ1) is 68.2. The lowest BCUT2D eigenvalue weighted by molar-refractivity contribution is -0.138. The lowest BCUT2D eigenvalue weighted by atomic mass is 10.0. The van der Waals surface area contributed by atoms with Crippen molar-refractivity contribution in [2.45, 2.75) is 89.3 Å². The summed E-state index contributed by atoms with van der Waals surface area (Å²) in [6, 6.07) is 12.3. The molecule has 0 radical (unpaired) electrons. The maximum atomic E-state index is 15.3. The molecule has 0 fully saturated rings. The van der Waals surface area contributed by atoms with Crippen LogP contribution < -0.4 is 42.4 Å². The third kappa shape index (κ3) is 18.3. The minimum absolute atomic E-state index is 0.00219. The SMILES string of the molecule is Cc1c(Nc2nc3ccccc3s2)nnc2c1CCCN2c1nc(C(=O)O)c(CCCOc2ccc(C#CCN(C)C(=O)OCc3ccc(NC(=O)[C@H](CCCNC(N)=O)N=C(N)[C@@H](NC(=O)CCOCCN4C(=O)C=CC4=O)C(C)C)cc3S(=O)(=O)O)cc2F)s1. The molecule has 0 unspecified atom stereocenters. The van der Waals surface area contributed by atoms with Gasteiger partial charge >= 0.3 is 18.1 Å². The second-order valence-electron chi connectivity index (χ2n) is 21.3. The van der Waals surface area contributed by atoms with Crippen molar-refractivity contribution in [3.8, 4) is 17.6 Å². The standard InChI is InChI=1S/C60H67FN14O14S3/c1-34(2)50(68-47(76)23-29-87-30-27-74-48(77)21-22-49(74)78)52(62)66-42(14-7-24-64-57(63)82)55(79)65-38-19-18-37(46(32-38)92(84,85)86)33-89-60(83)73(4)25-8-11-36-17-20-43(40(61)31-36)88-28-10-16-45-51(56(80)81)69-59(91-45)75-26-9-12-39-35(3)53(71-72-54(39)75)70-58-67-41-13-5-6-15-44(41)90-58/h5-6,13,15,17-22,31-32,34,42,50H,7,9-10,12,14,16,23-30,33H2,1-4H3,(H2,62,66)(H,65,79)(H,68,76)(H,80,81)(H3,63,64,82)(H,67,70,71)(H,84,85,86)/t42-,50-/m0/s1. The number of halogens is 1. The predicted octanol–water partition coefficient (Wildman–Crippen LogP) is 5.98. The Morgan fingerprint density at radius 2 is 1.74 bits per heavy atom. The number of anilines is 5. The van der Waals surface area contributed by atoms with Crippen LogP contribution in [-0.4, -0.2) is 161 Å². The summed E-state index contributed by atoms with van der Waals surface area (Å²) >= 11 is 2.75. The molecule has 92 heavy (non-hydrogen) atoms. The van der Waals surface area contributed by atoms with Gasteiger partial charge in [-0.25, -0.2) is 28.7 Å². The zero-order chi connectivity index (χ0) is 66.2. The number of nitrogens with two attached hydrogens (primary N) is 2. The monoisotopic (exact) mass is 1320 g/mol. The quantitative estimate of drug-likeness (QED) is 0.00668. The molecule has 0 bridgehead atoms. The number of para-hydroxylation sites is 1. The van der Waals surface area contributed by atoms with E-state index in [2.05, 4.69) is 58.3 Å². The molecule has 3 aromatic carbocycles. The number of aryl methyl sites for hydroxylation is 1. The number of carbonyl (C=O) groups is 7. The average molecular weight is 1320 g/mol. The van der Waals surface area contributed by atoms with Gasteiger partial charge < -0.3 is 61.9 Å². The fourth-order valence-electron chi connectivity index (χ4n) is 9.53. The van der Waals surface area contributed by atoms with Gasteiger partial charge in [0.1, 0.15) is 23.4 Å². The van der Waals surface area contributed by atoms with Crippen molar-refractivity contribution in [2.75, 3.05) is 68.6 Å². The molecular formula is C60H67FN14O14S3. The summed E-state index contributed by atoms with van der Waals surface area (Å²) < 4.78 is 68.4. The van der Waals surface area contributed by atoms with E-state index in [-0.39, 0.29) is 105 Å². The number of fused-ring (bicyclic) bond motifs is 2. The molecule has 10 N–H and O–H groups in total. The maximum absolute atomic E-state index is 15.3. The van der Waals surface area contributed by atoms with Gasteiger partial charge in [0.05, 0.1) is 49.2 Å². The van der Waals surface area contributed by atoms with Gasteiger partial charge in [-0.1, -0.05) is 55.2 Å². The van der Waals surface area contributed by atoms with Crippen molar-refractivity contribution < 1.29 is 70.2 Å². The van der Waals surface area contributed by atoms with Gasteiger partial charge in [-0.3, -0.25) is 33.6 Å². The Balaban J connectivity index is 0.811. The fourth-order valence-corrected chi connectivity index (χ4v) is 12.2. The van der Waals surface area contributed by atoms with Crippen LogP contribution in [0.4, 0.5) is 41.6 Å². The van der Waals surface area contributed by atoms with E-state index in [0.717, 1.165) is 68.3 Å². The number of rotatable bonds is 29. The van der Waals surface area contributed by atoms with Crippen LogP contribution >= 0.6 is 22.7 Å².